The maximum Gasteiger partial charge on any atom is 0.191 e. The van der Waals surface area contributed by atoms with Crippen molar-refractivity contribution in [2.45, 2.75) is 26.8 Å². The lowest BCUT2D eigenvalue weighted by Crippen LogP contribution is -2.38. The SMILES string of the molecule is CCNC(=NCc1ccc(-n2ccnc2C)c(F)c1)NCCCOCCOC. The molecule has 7 nitrogen and oxygen atoms in total. The predicted octanol–water partition coefficient (Wildman–Crippen LogP) is 2.43. The molecular formula is C20H30FN5O2. The van der Waals surface area contributed by atoms with E-state index >= 15 is 0 Å². The van der Waals surface area contributed by atoms with Gasteiger partial charge in [-0.3, -0.25) is 0 Å². The predicted molar refractivity (Wildman–Crippen MR) is 108 cm³/mol. The molecule has 0 aliphatic rings. The summed E-state index contributed by atoms with van der Waals surface area (Å²) in [6, 6.07) is 5.16. The number of benzene rings is 1. The van der Waals surface area contributed by atoms with Crippen LogP contribution in [0.25, 0.3) is 5.69 Å². The van der Waals surface area contributed by atoms with Crippen molar-refractivity contribution in [1.82, 2.24) is 20.2 Å². The standard InChI is InChI=1S/C20H30FN5O2/c1-4-22-20(24-8-5-11-28-13-12-27-3)25-15-17-6-7-19(18(21)14-17)26-10-9-23-16(26)2/h6-7,9-10,14H,4-5,8,11-13,15H2,1-3H3,(H2,22,24,25). The lowest BCUT2D eigenvalue weighted by molar-refractivity contribution is 0.0698. The van der Waals surface area contributed by atoms with Crippen molar-refractivity contribution in [2.24, 2.45) is 4.99 Å². The summed E-state index contributed by atoms with van der Waals surface area (Å²) in [4.78, 5) is 8.67. The molecule has 1 aromatic heterocycles. The molecule has 0 radical (unpaired) electrons. The van der Waals surface area contributed by atoms with Crippen molar-refractivity contribution < 1.29 is 13.9 Å². The van der Waals surface area contributed by atoms with Gasteiger partial charge in [-0.2, -0.15) is 0 Å². The van der Waals surface area contributed by atoms with E-state index in [1.54, 1.807) is 30.1 Å². The van der Waals surface area contributed by atoms with Crippen LogP contribution in [-0.4, -0.2) is 55.5 Å². The second-order valence-electron chi connectivity index (χ2n) is 6.21. The molecular weight excluding hydrogens is 361 g/mol. The van der Waals surface area contributed by atoms with Gasteiger partial charge in [-0.15, -0.1) is 0 Å². The normalized spacial score (nSPS) is 11.6. The first-order valence-electron chi connectivity index (χ1n) is 9.53. The Morgan fingerprint density at radius 1 is 1.25 bits per heavy atom. The zero-order valence-corrected chi connectivity index (χ0v) is 16.9. The number of aryl methyl sites for hydroxylation is 1. The molecule has 0 amide bonds. The molecule has 0 fully saturated rings. The van der Waals surface area contributed by atoms with Crippen molar-refractivity contribution in [3.63, 3.8) is 0 Å². The fourth-order valence-corrected chi connectivity index (χ4v) is 2.61. The summed E-state index contributed by atoms with van der Waals surface area (Å²) in [6.45, 7) is 7.60. The Balaban J connectivity index is 1.88. The molecule has 2 aromatic rings. The number of methoxy groups -OCH3 is 1. The van der Waals surface area contributed by atoms with Crippen molar-refractivity contribution in [3.8, 4) is 5.69 Å². The third kappa shape index (κ3) is 6.94. The molecule has 154 valence electrons. The lowest BCUT2D eigenvalue weighted by atomic mass is 10.2. The van der Waals surface area contributed by atoms with Crippen molar-refractivity contribution in [2.75, 3.05) is 40.0 Å². The van der Waals surface area contributed by atoms with E-state index in [1.807, 2.05) is 19.9 Å². The molecule has 2 rings (SSSR count). The van der Waals surface area contributed by atoms with Gasteiger partial charge in [-0.1, -0.05) is 6.07 Å². The van der Waals surface area contributed by atoms with E-state index in [9.17, 15) is 4.39 Å². The molecule has 0 unspecified atom stereocenters. The van der Waals surface area contributed by atoms with E-state index < -0.39 is 0 Å². The second-order valence-corrected chi connectivity index (χ2v) is 6.21. The van der Waals surface area contributed by atoms with Gasteiger partial charge < -0.3 is 24.7 Å². The molecule has 0 bridgehead atoms. The Labute approximate surface area is 166 Å². The van der Waals surface area contributed by atoms with Crippen LogP contribution in [0.3, 0.4) is 0 Å². The van der Waals surface area contributed by atoms with Gasteiger partial charge in [0.05, 0.1) is 25.4 Å². The second kappa shape index (κ2) is 12.1. The summed E-state index contributed by atoms with van der Waals surface area (Å²) in [5, 5.41) is 6.45. The number of imidazole rings is 1. The number of rotatable bonds is 11. The highest BCUT2D eigenvalue weighted by molar-refractivity contribution is 5.79. The third-order valence-electron chi connectivity index (χ3n) is 4.05. The van der Waals surface area contributed by atoms with Crippen molar-refractivity contribution >= 4 is 5.96 Å². The monoisotopic (exact) mass is 391 g/mol. The summed E-state index contributed by atoms with van der Waals surface area (Å²) in [5.41, 5.74) is 1.29. The number of hydrogen-bond acceptors (Lipinski definition) is 4. The molecule has 28 heavy (non-hydrogen) atoms. The van der Waals surface area contributed by atoms with E-state index in [4.69, 9.17) is 9.47 Å². The van der Waals surface area contributed by atoms with Gasteiger partial charge in [0.1, 0.15) is 11.6 Å². The maximum atomic E-state index is 14.5. The smallest absolute Gasteiger partial charge is 0.191 e. The largest absolute Gasteiger partial charge is 0.382 e. The Kier molecular flexibility index (Phi) is 9.44. The summed E-state index contributed by atoms with van der Waals surface area (Å²) < 4.78 is 26.6. The summed E-state index contributed by atoms with van der Waals surface area (Å²) in [5.74, 6) is 1.16. The molecule has 2 N–H and O–H groups in total. The molecule has 8 heteroatoms. The van der Waals surface area contributed by atoms with Crippen LogP contribution in [0.1, 0.15) is 24.7 Å². The average molecular weight is 391 g/mol. The number of aliphatic imine (C=N–C) groups is 1. The molecule has 1 aromatic carbocycles. The highest BCUT2D eigenvalue weighted by Gasteiger charge is 2.08. The third-order valence-corrected chi connectivity index (χ3v) is 4.05. The van der Waals surface area contributed by atoms with Crippen molar-refractivity contribution in [1.29, 1.82) is 0 Å². The number of nitrogens with one attached hydrogen (secondary N) is 2. The van der Waals surface area contributed by atoms with Gasteiger partial charge in [0.25, 0.3) is 0 Å². The molecule has 0 saturated carbocycles. The maximum absolute atomic E-state index is 14.5. The first-order chi connectivity index (χ1) is 13.7. The van der Waals surface area contributed by atoms with Crippen LogP contribution in [0.2, 0.25) is 0 Å². The fourth-order valence-electron chi connectivity index (χ4n) is 2.61. The lowest BCUT2D eigenvalue weighted by Gasteiger charge is -2.12. The molecule has 1 heterocycles. The molecule has 0 saturated heterocycles. The minimum absolute atomic E-state index is 0.292. The van der Waals surface area contributed by atoms with E-state index in [1.165, 1.54) is 6.07 Å². The topological polar surface area (TPSA) is 72.7 Å². The average Bonchev–Trinajstić information content (AvgIpc) is 3.11. The van der Waals surface area contributed by atoms with Gasteiger partial charge in [0, 0.05) is 39.2 Å². The van der Waals surface area contributed by atoms with Crippen LogP contribution in [0.15, 0.2) is 35.6 Å². The van der Waals surface area contributed by atoms with Gasteiger partial charge in [0.2, 0.25) is 0 Å². The summed E-state index contributed by atoms with van der Waals surface area (Å²) in [6.07, 6.45) is 4.27. The zero-order chi connectivity index (χ0) is 20.2. The molecule has 0 atom stereocenters. The Morgan fingerprint density at radius 3 is 2.79 bits per heavy atom. The first-order valence-corrected chi connectivity index (χ1v) is 9.53. The van der Waals surface area contributed by atoms with Crippen LogP contribution in [0.4, 0.5) is 4.39 Å². The molecule has 0 aliphatic carbocycles. The Morgan fingerprint density at radius 2 is 2.11 bits per heavy atom. The van der Waals surface area contributed by atoms with Gasteiger partial charge in [0.15, 0.2) is 5.96 Å². The van der Waals surface area contributed by atoms with Crippen LogP contribution in [-0.2, 0) is 16.0 Å². The highest BCUT2D eigenvalue weighted by Crippen LogP contribution is 2.17. The molecule has 0 spiro atoms. The quantitative estimate of drug-likeness (QED) is 0.350. The number of halogens is 1. The van der Waals surface area contributed by atoms with E-state index in [0.717, 1.165) is 30.9 Å². The van der Waals surface area contributed by atoms with Crippen LogP contribution in [0, 0.1) is 12.7 Å². The van der Waals surface area contributed by atoms with Crippen LogP contribution >= 0.6 is 0 Å². The highest BCUT2D eigenvalue weighted by atomic mass is 19.1. The Hall–Kier alpha value is -2.45. The minimum atomic E-state index is -0.292. The Bertz CT molecular complexity index is 748. The number of aromatic nitrogens is 2. The minimum Gasteiger partial charge on any atom is -0.382 e. The van der Waals surface area contributed by atoms with Crippen molar-refractivity contribution in [3.05, 3.63) is 47.8 Å². The van der Waals surface area contributed by atoms with E-state index in [0.29, 0.717) is 38.0 Å². The van der Waals surface area contributed by atoms with Gasteiger partial charge in [-0.05, 0) is 38.0 Å². The first kappa shape index (κ1) is 21.8. The molecule has 0 aliphatic heterocycles. The van der Waals surface area contributed by atoms with E-state index in [2.05, 4.69) is 20.6 Å². The van der Waals surface area contributed by atoms with Gasteiger partial charge in [-0.25, -0.2) is 14.4 Å². The van der Waals surface area contributed by atoms with Crippen LogP contribution in [0.5, 0.6) is 0 Å². The number of ether oxygens (including phenoxy) is 2. The number of hydrogen-bond donors (Lipinski definition) is 2. The summed E-state index contributed by atoms with van der Waals surface area (Å²) >= 11 is 0. The zero-order valence-electron chi connectivity index (χ0n) is 16.9. The fraction of sp³-hybridized carbons (Fsp3) is 0.500. The number of nitrogens with zero attached hydrogens (tertiary/aromatic N) is 3. The number of guanidine groups is 1. The van der Waals surface area contributed by atoms with E-state index in [-0.39, 0.29) is 5.82 Å². The van der Waals surface area contributed by atoms with Crippen LogP contribution < -0.4 is 10.6 Å². The summed E-state index contributed by atoms with van der Waals surface area (Å²) in [7, 11) is 1.65. The van der Waals surface area contributed by atoms with Gasteiger partial charge >= 0.3 is 0 Å².